The van der Waals surface area contributed by atoms with Crippen LogP contribution in [0.15, 0.2) is 30.3 Å². The molecule has 2 rings (SSSR count). The van der Waals surface area contributed by atoms with Crippen LogP contribution < -0.4 is 0 Å². The summed E-state index contributed by atoms with van der Waals surface area (Å²) in [6.45, 7) is 4.47. The lowest BCUT2D eigenvalue weighted by atomic mass is 10.1. The molecule has 1 aliphatic rings. The molecular weight excluding hydrogens is 205 g/mol. The summed E-state index contributed by atoms with van der Waals surface area (Å²) in [5, 5.41) is 0. The lowest BCUT2D eigenvalue weighted by Gasteiger charge is -2.25. The SMILES string of the molecule is CC1(F)COCCN(Cc2ccccc2)C1. The first-order valence-electron chi connectivity index (χ1n) is 5.69. The van der Waals surface area contributed by atoms with Gasteiger partial charge in [0.15, 0.2) is 0 Å². The van der Waals surface area contributed by atoms with Crippen LogP contribution in [0.3, 0.4) is 0 Å². The Bertz CT molecular complexity index is 326. The van der Waals surface area contributed by atoms with Crippen LogP contribution in [0.2, 0.25) is 0 Å². The van der Waals surface area contributed by atoms with Crippen LogP contribution in [0, 0.1) is 0 Å². The Morgan fingerprint density at radius 2 is 2.12 bits per heavy atom. The Morgan fingerprint density at radius 3 is 2.88 bits per heavy atom. The summed E-state index contributed by atoms with van der Waals surface area (Å²) >= 11 is 0. The number of benzene rings is 1. The van der Waals surface area contributed by atoms with Gasteiger partial charge in [0.05, 0.1) is 13.2 Å². The minimum absolute atomic E-state index is 0.207. The van der Waals surface area contributed by atoms with E-state index < -0.39 is 5.67 Å². The quantitative estimate of drug-likeness (QED) is 0.762. The molecule has 1 atom stereocenters. The summed E-state index contributed by atoms with van der Waals surface area (Å²) in [5.74, 6) is 0. The van der Waals surface area contributed by atoms with Crippen LogP contribution in [0.4, 0.5) is 4.39 Å². The van der Waals surface area contributed by atoms with E-state index in [0.29, 0.717) is 13.2 Å². The van der Waals surface area contributed by atoms with Gasteiger partial charge < -0.3 is 4.74 Å². The van der Waals surface area contributed by atoms with Crippen LogP contribution in [0.5, 0.6) is 0 Å². The van der Waals surface area contributed by atoms with Crippen LogP contribution in [-0.4, -0.2) is 36.9 Å². The Hall–Kier alpha value is -0.930. The van der Waals surface area contributed by atoms with E-state index in [-0.39, 0.29) is 6.61 Å². The second kappa shape index (κ2) is 4.93. The molecule has 0 bridgehead atoms. The normalized spacial score (nSPS) is 27.6. The monoisotopic (exact) mass is 223 g/mol. The minimum atomic E-state index is -1.23. The molecule has 0 saturated carbocycles. The van der Waals surface area contributed by atoms with Gasteiger partial charge in [0.1, 0.15) is 5.67 Å². The standard InChI is InChI=1S/C13H18FNO/c1-13(14)10-15(7-8-16-11-13)9-12-5-3-2-4-6-12/h2-6H,7-11H2,1H3. The van der Waals surface area contributed by atoms with E-state index in [1.54, 1.807) is 6.92 Å². The van der Waals surface area contributed by atoms with Crippen molar-refractivity contribution in [1.29, 1.82) is 0 Å². The van der Waals surface area contributed by atoms with Gasteiger partial charge in [-0.05, 0) is 12.5 Å². The number of rotatable bonds is 2. The van der Waals surface area contributed by atoms with Crippen molar-refractivity contribution in [2.45, 2.75) is 19.1 Å². The number of hydrogen-bond acceptors (Lipinski definition) is 2. The fourth-order valence-electron chi connectivity index (χ4n) is 2.05. The van der Waals surface area contributed by atoms with Crippen LogP contribution in [-0.2, 0) is 11.3 Å². The topological polar surface area (TPSA) is 12.5 Å². The van der Waals surface area contributed by atoms with Crippen molar-refractivity contribution >= 4 is 0 Å². The van der Waals surface area contributed by atoms with Gasteiger partial charge in [-0.1, -0.05) is 30.3 Å². The Labute approximate surface area is 96.0 Å². The molecule has 1 unspecified atom stereocenters. The highest BCUT2D eigenvalue weighted by atomic mass is 19.1. The highest BCUT2D eigenvalue weighted by Gasteiger charge is 2.29. The number of alkyl halides is 1. The zero-order valence-electron chi connectivity index (χ0n) is 9.66. The van der Waals surface area contributed by atoms with Crippen molar-refractivity contribution < 1.29 is 9.13 Å². The smallest absolute Gasteiger partial charge is 0.144 e. The van der Waals surface area contributed by atoms with Gasteiger partial charge >= 0.3 is 0 Å². The van der Waals surface area contributed by atoms with Gasteiger partial charge in [-0.2, -0.15) is 0 Å². The first-order valence-corrected chi connectivity index (χ1v) is 5.69. The van der Waals surface area contributed by atoms with Crippen LogP contribution >= 0.6 is 0 Å². The summed E-state index contributed by atoms with van der Waals surface area (Å²) in [6, 6.07) is 10.2. The van der Waals surface area contributed by atoms with Crippen molar-refractivity contribution in [3.8, 4) is 0 Å². The number of halogens is 1. The van der Waals surface area contributed by atoms with Crippen molar-refractivity contribution in [1.82, 2.24) is 4.90 Å². The average molecular weight is 223 g/mol. The zero-order valence-corrected chi connectivity index (χ0v) is 9.66. The highest BCUT2D eigenvalue weighted by molar-refractivity contribution is 5.14. The van der Waals surface area contributed by atoms with Crippen molar-refractivity contribution in [3.63, 3.8) is 0 Å². The number of hydrogen-bond donors (Lipinski definition) is 0. The third-order valence-corrected chi connectivity index (χ3v) is 2.76. The molecule has 1 fully saturated rings. The van der Waals surface area contributed by atoms with E-state index >= 15 is 0 Å². The maximum Gasteiger partial charge on any atom is 0.144 e. The summed E-state index contributed by atoms with van der Waals surface area (Å²) in [5.41, 5.74) is -0.00847. The van der Waals surface area contributed by atoms with Gasteiger partial charge in [-0.25, -0.2) is 4.39 Å². The number of ether oxygens (including phenoxy) is 1. The predicted molar refractivity (Wildman–Crippen MR) is 62.1 cm³/mol. The Balaban J connectivity index is 1.98. The molecule has 0 aliphatic carbocycles. The predicted octanol–water partition coefficient (Wildman–Crippen LogP) is 2.25. The highest BCUT2D eigenvalue weighted by Crippen LogP contribution is 2.17. The molecule has 0 radical (unpaired) electrons. The maximum absolute atomic E-state index is 13.9. The van der Waals surface area contributed by atoms with Gasteiger partial charge in [0.2, 0.25) is 0 Å². The molecule has 1 aromatic rings. The summed E-state index contributed by atoms with van der Waals surface area (Å²) in [4.78, 5) is 2.11. The molecule has 1 aliphatic heterocycles. The van der Waals surface area contributed by atoms with E-state index in [0.717, 1.165) is 13.1 Å². The summed E-state index contributed by atoms with van der Waals surface area (Å²) in [7, 11) is 0. The first-order chi connectivity index (χ1) is 7.66. The zero-order chi connectivity index (χ0) is 11.4. The van der Waals surface area contributed by atoms with Crippen LogP contribution in [0.1, 0.15) is 12.5 Å². The molecule has 0 spiro atoms. The lowest BCUT2D eigenvalue weighted by molar-refractivity contribution is 0.0458. The summed E-state index contributed by atoms with van der Waals surface area (Å²) in [6.07, 6.45) is 0. The van der Waals surface area contributed by atoms with E-state index in [2.05, 4.69) is 17.0 Å². The Kier molecular flexibility index (Phi) is 3.56. The van der Waals surface area contributed by atoms with Crippen LogP contribution in [0.25, 0.3) is 0 Å². The minimum Gasteiger partial charge on any atom is -0.377 e. The fourth-order valence-corrected chi connectivity index (χ4v) is 2.05. The van der Waals surface area contributed by atoms with Gasteiger partial charge in [0, 0.05) is 19.6 Å². The van der Waals surface area contributed by atoms with Gasteiger partial charge in [0.25, 0.3) is 0 Å². The molecule has 1 saturated heterocycles. The molecule has 3 heteroatoms. The van der Waals surface area contributed by atoms with Crippen molar-refractivity contribution in [3.05, 3.63) is 35.9 Å². The first kappa shape index (κ1) is 11.6. The lowest BCUT2D eigenvalue weighted by Crippen LogP contribution is -2.37. The van der Waals surface area contributed by atoms with Crippen molar-refractivity contribution in [2.75, 3.05) is 26.3 Å². The molecule has 88 valence electrons. The molecule has 1 aromatic carbocycles. The molecule has 0 amide bonds. The largest absolute Gasteiger partial charge is 0.377 e. The number of nitrogens with zero attached hydrogens (tertiary/aromatic N) is 1. The Morgan fingerprint density at radius 1 is 1.38 bits per heavy atom. The van der Waals surface area contributed by atoms with Gasteiger partial charge in [-0.15, -0.1) is 0 Å². The maximum atomic E-state index is 13.9. The summed E-state index contributed by atoms with van der Waals surface area (Å²) < 4.78 is 19.2. The molecule has 16 heavy (non-hydrogen) atoms. The average Bonchev–Trinajstić information content (AvgIpc) is 2.40. The molecule has 1 heterocycles. The van der Waals surface area contributed by atoms with Gasteiger partial charge in [-0.3, -0.25) is 4.90 Å². The molecule has 0 aromatic heterocycles. The third-order valence-electron chi connectivity index (χ3n) is 2.76. The third kappa shape index (κ3) is 3.29. The molecule has 2 nitrogen and oxygen atoms in total. The van der Waals surface area contributed by atoms with Crippen molar-refractivity contribution in [2.24, 2.45) is 0 Å². The molecule has 0 N–H and O–H groups in total. The van der Waals surface area contributed by atoms with E-state index in [1.807, 2.05) is 18.2 Å². The second-order valence-electron chi connectivity index (χ2n) is 4.66. The van der Waals surface area contributed by atoms with E-state index in [1.165, 1.54) is 5.56 Å². The fraction of sp³-hybridized carbons (Fsp3) is 0.538. The van der Waals surface area contributed by atoms with E-state index in [4.69, 9.17) is 4.74 Å². The van der Waals surface area contributed by atoms with E-state index in [9.17, 15) is 4.39 Å². The molecular formula is C13H18FNO. The second-order valence-corrected chi connectivity index (χ2v) is 4.66.